The van der Waals surface area contributed by atoms with Crippen LogP contribution in [0.4, 0.5) is 5.82 Å². The number of nitrogens with one attached hydrogen (secondary N) is 1. The molecule has 1 aromatic heterocycles. The topological polar surface area (TPSA) is 80.9 Å². The molecule has 1 amide bonds. The monoisotopic (exact) mass is 272 g/mol. The average Bonchev–Trinajstić information content (AvgIpc) is 2.20. The highest BCUT2D eigenvalue weighted by Crippen LogP contribution is 2.07. The van der Waals surface area contributed by atoms with Crippen molar-refractivity contribution in [2.24, 2.45) is 11.7 Å². The molecule has 15 heavy (non-hydrogen) atoms. The van der Waals surface area contributed by atoms with Gasteiger partial charge in [-0.25, -0.2) is 9.97 Å². The summed E-state index contributed by atoms with van der Waals surface area (Å²) in [6.45, 7) is 3.77. The van der Waals surface area contributed by atoms with Gasteiger partial charge in [0.2, 0.25) is 5.91 Å². The summed E-state index contributed by atoms with van der Waals surface area (Å²) in [5, 5.41) is 2.59. The van der Waals surface area contributed by atoms with E-state index in [0.717, 1.165) is 0 Å². The zero-order valence-corrected chi connectivity index (χ0v) is 10.2. The number of nitrogens with two attached hydrogens (primary N) is 1. The lowest BCUT2D eigenvalue weighted by molar-refractivity contribution is -0.118. The molecule has 0 aromatic carbocycles. The van der Waals surface area contributed by atoms with Crippen LogP contribution in [0.3, 0.4) is 0 Å². The molecule has 0 spiro atoms. The number of rotatable bonds is 3. The van der Waals surface area contributed by atoms with Gasteiger partial charge in [0.15, 0.2) is 5.82 Å². The number of halogens is 1. The average molecular weight is 273 g/mol. The van der Waals surface area contributed by atoms with E-state index in [9.17, 15) is 4.79 Å². The molecule has 0 aliphatic rings. The minimum absolute atomic E-state index is 0.0911. The van der Waals surface area contributed by atoms with Crippen LogP contribution in [0.5, 0.6) is 0 Å². The Morgan fingerprint density at radius 2 is 2.13 bits per heavy atom. The number of amides is 1. The first-order valence-corrected chi connectivity index (χ1v) is 5.34. The molecule has 3 N–H and O–H groups in total. The molecule has 1 rings (SSSR count). The minimum Gasteiger partial charge on any atom is -0.320 e. The molecular formula is C9H13BrN4O. The first-order valence-electron chi connectivity index (χ1n) is 4.54. The van der Waals surface area contributed by atoms with Crippen LogP contribution in [0.1, 0.15) is 13.8 Å². The van der Waals surface area contributed by atoms with E-state index in [1.165, 1.54) is 12.4 Å². The Morgan fingerprint density at radius 1 is 1.47 bits per heavy atom. The third-order valence-corrected chi connectivity index (χ3v) is 2.30. The van der Waals surface area contributed by atoms with Crippen LogP contribution < -0.4 is 11.1 Å². The summed E-state index contributed by atoms with van der Waals surface area (Å²) in [4.78, 5) is 19.4. The summed E-state index contributed by atoms with van der Waals surface area (Å²) in [5.74, 6) is 0.245. The first kappa shape index (κ1) is 12.1. The van der Waals surface area contributed by atoms with Crippen LogP contribution in [0.15, 0.2) is 17.0 Å². The van der Waals surface area contributed by atoms with Crippen molar-refractivity contribution >= 4 is 27.7 Å². The third kappa shape index (κ3) is 3.56. The van der Waals surface area contributed by atoms with Crippen LogP contribution >= 0.6 is 15.9 Å². The van der Waals surface area contributed by atoms with E-state index >= 15 is 0 Å². The number of hydrogen-bond acceptors (Lipinski definition) is 4. The number of anilines is 1. The Kier molecular flexibility index (Phi) is 4.16. The quantitative estimate of drug-likeness (QED) is 0.866. The molecule has 0 saturated carbocycles. The molecule has 82 valence electrons. The fourth-order valence-corrected chi connectivity index (χ4v) is 1.09. The van der Waals surface area contributed by atoms with Gasteiger partial charge >= 0.3 is 0 Å². The van der Waals surface area contributed by atoms with E-state index in [1.54, 1.807) is 0 Å². The highest BCUT2D eigenvalue weighted by atomic mass is 79.9. The molecule has 1 heterocycles. The molecule has 5 nitrogen and oxygen atoms in total. The highest BCUT2D eigenvalue weighted by Gasteiger charge is 2.17. The second-order valence-electron chi connectivity index (χ2n) is 3.48. The molecule has 1 atom stereocenters. The van der Waals surface area contributed by atoms with E-state index < -0.39 is 6.04 Å². The van der Waals surface area contributed by atoms with Crippen molar-refractivity contribution in [3.8, 4) is 0 Å². The normalized spacial score (nSPS) is 12.6. The van der Waals surface area contributed by atoms with E-state index in [-0.39, 0.29) is 11.8 Å². The zero-order chi connectivity index (χ0) is 11.4. The first-order chi connectivity index (χ1) is 7.00. The summed E-state index contributed by atoms with van der Waals surface area (Å²) >= 11 is 3.15. The van der Waals surface area contributed by atoms with Crippen molar-refractivity contribution in [3.63, 3.8) is 0 Å². The Bertz CT molecular complexity index is 338. The van der Waals surface area contributed by atoms with Gasteiger partial charge in [0.05, 0.1) is 18.4 Å². The predicted octanol–water partition coefficient (Wildman–Crippen LogP) is 1.16. The maximum absolute atomic E-state index is 11.5. The lowest BCUT2D eigenvalue weighted by Crippen LogP contribution is -2.39. The maximum Gasteiger partial charge on any atom is 0.242 e. The fourth-order valence-electron chi connectivity index (χ4n) is 0.889. The number of aromatic nitrogens is 2. The molecule has 0 saturated heterocycles. The molecule has 1 aromatic rings. The van der Waals surface area contributed by atoms with Crippen LogP contribution in [0, 0.1) is 5.92 Å². The predicted molar refractivity (Wildman–Crippen MR) is 61.2 cm³/mol. The highest BCUT2D eigenvalue weighted by molar-refractivity contribution is 9.10. The van der Waals surface area contributed by atoms with Crippen molar-refractivity contribution in [2.45, 2.75) is 19.9 Å². The van der Waals surface area contributed by atoms with Gasteiger partial charge in [0.25, 0.3) is 0 Å². The second-order valence-corrected chi connectivity index (χ2v) is 4.30. The second kappa shape index (κ2) is 5.18. The number of hydrogen-bond donors (Lipinski definition) is 2. The van der Waals surface area contributed by atoms with Gasteiger partial charge in [0, 0.05) is 0 Å². The van der Waals surface area contributed by atoms with Crippen LogP contribution in [-0.2, 0) is 4.79 Å². The zero-order valence-electron chi connectivity index (χ0n) is 8.57. The van der Waals surface area contributed by atoms with Gasteiger partial charge in [-0.3, -0.25) is 4.79 Å². The number of carbonyl (C=O) groups is 1. The smallest absolute Gasteiger partial charge is 0.242 e. The summed E-state index contributed by atoms with van der Waals surface area (Å²) in [6, 6.07) is -0.532. The Balaban J connectivity index is 2.62. The molecular weight excluding hydrogens is 260 g/mol. The largest absolute Gasteiger partial charge is 0.320 e. The molecule has 0 bridgehead atoms. The van der Waals surface area contributed by atoms with E-state index in [2.05, 4.69) is 31.2 Å². The van der Waals surface area contributed by atoms with Gasteiger partial charge in [-0.1, -0.05) is 13.8 Å². The van der Waals surface area contributed by atoms with E-state index in [0.29, 0.717) is 10.4 Å². The summed E-state index contributed by atoms with van der Waals surface area (Å²) < 4.78 is 0.619. The fraction of sp³-hybridized carbons (Fsp3) is 0.444. The molecule has 0 aliphatic heterocycles. The maximum atomic E-state index is 11.5. The molecule has 0 unspecified atom stereocenters. The van der Waals surface area contributed by atoms with Crippen molar-refractivity contribution in [3.05, 3.63) is 17.0 Å². The minimum atomic E-state index is -0.532. The number of carbonyl (C=O) groups excluding carboxylic acids is 1. The Labute approximate surface area is 96.6 Å². The SMILES string of the molecule is CC(C)[C@@H](N)C(=O)Nc1cnc(Br)cn1. The van der Waals surface area contributed by atoms with Gasteiger partial charge in [-0.15, -0.1) is 0 Å². The van der Waals surface area contributed by atoms with E-state index in [4.69, 9.17) is 5.73 Å². The molecule has 0 radical (unpaired) electrons. The Hall–Kier alpha value is -1.01. The van der Waals surface area contributed by atoms with Crippen molar-refractivity contribution in [2.75, 3.05) is 5.32 Å². The molecule has 0 fully saturated rings. The van der Waals surface area contributed by atoms with Gasteiger partial charge in [-0.05, 0) is 21.8 Å². The lowest BCUT2D eigenvalue weighted by Gasteiger charge is -2.14. The summed E-state index contributed by atoms with van der Waals surface area (Å²) in [5.41, 5.74) is 5.67. The van der Waals surface area contributed by atoms with Crippen LogP contribution in [0.25, 0.3) is 0 Å². The summed E-state index contributed by atoms with van der Waals surface area (Å²) in [6.07, 6.45) is 2.98. The van der Waals surface area contributed by atoms with Crippen molar-refractivity contribution < 1.29 is 4.79 Å². The lowest BCUT2D eigenvalue weighted by atomic mass is 10.1. The van der Waals surface area contributed by atoms with Gasteiger partial charge < -0.3 is 11.1 Å². The van der Waals surface area contributed by atoms with Crippen LogP contribution in [-0.4, -0.2) is 21.9 Å². The van der Waals surface area contributed by atoms with Crippen molar-refractivity contribution in [1.82, 2.24) is 9.97 Å². The van der Waals surface area contributed by atoms with Gasteiger partial charge in [0.1, 0.15) is 4.60 Å². The molecule has 0 aliphatic carbocycles. The van der Waals surface area contributed by atoms with Gasteiger partial charge in [-0.2, -0.15) is 0 Å². The number of nitrogens with zero attached hydrogens (tertiary/aromatic N) is 2. The Morgan fingerprint density at radius 3 is 2.60 bits per heavy atom. The standard InChI is InChI=1S/C9H13BrN4O/c1-5(2)8(11)9(15)14-7-4-12-6(10)3-13-7/h3-5,8H,11H2,1-2H3,(H,13,14,15)/t8-/m1/s1. The van der Waals surface area contributed by atoms with Crippen LogP contribution in [0.2, 0.25) is 0 Å². The summed E-state index contributed by atoms with van der Waals surface area (Å²) in [7, 11) is 0. The van der Waals surface area contributed by atoms with Crippen molar-refractivity contribution in [1.29, 1.82) is 0 Å². The molecule has 6 heteroatoms. The third-order valence-electron chi connectivity index (χ3n) is 1.89. The van der Waals surface area contributed by atoms with E-state index in [1.807, 2.05) is 13.8 Å².